The Balaban J connectivity index is 1.87. The maximum absolute atomic E-state index is 12.2. The van der Waals surface area contributed by atoms with Gasteiger partial charge in [-0.25, -0.2) is 0 Å². The van der Waals surface area contributed by atoms with Gasteiger partial charge in [0.25, 0.3) is 5.91 Å². The average molecular weight is 275 g/mol. The highest BCUT2D eigenvalue weighted by Crippen LogP contribution is 2.19. The number of hydrogen-bond acceptors (Lipinski definition) is 2. The predicted octanol–water partition coefficient (Wildman–Crippen LogP) is 3.60. The fourth-order valence-corrected chi connectivity index (χ4v) is 2.67. The normalized spacial score (nSPS) is 18.1. The van der Waals surface area contributed by atoms with Crippen LogP contribution in [0.1, 0.15) is 51.0 Å². The van der Waals surface area contributed by atoms with Crippen LogP contribution in [0.2, 0.25) is 0 Å². The number of carbonyl (C=O) groups excluding carboxylic acids is 1. The highest BCUT2D eigenvalue weighted by Gasteiger charge is 2.20. The second kappa shape index (κ2) is 7.32. The molecule has 1 aliphatic rings. The van der Waals surface area contributed by atoms with Gasteiger partial charge in [-0.1, -0.05) is 43.9 Å². The van der Waals surface area contributed by atoms with E-state index in [4.69, 9.17) is 4.74 Å². The van der Waals surface area contributed by atoms with Gasteiger partial charge in [-0.05, 0) is 38.3 Å². The molecule has 1 aromatic carbocycles. The van der Waals surface area contributed by atoms with Crippen molar-refractivity contribution in [3.63, 3.8) is 0 Å². The van der Waals surface area contributed by atoms with Gasteiger partial charge >= 0.3 is 0 Å². The predicted molar refractivity (Wildman–Crippen MR) is 80.9 cm³/mol. The van der Waals surface area contributed by atoms with Crippen molar-refractivity contribution in [3.8, 4) is 5.75 Å². The van der Waals surface area contributed by atoms with E-state index in [1.54, 1.807) is 0 Å². The zero-order valence-electron chi connectivity index (χ0n) is 12.5. The van der Waals surface area contributed by atoms with E-state index in [0.717, 1.165) is 24.2 Å². The minimum atomic E-state index is -0.445. The Bertz CT molecular complexity index is 436. The first kappa shape index (κ1) is 14.9. The third-order valence-corrected chi connectivity index (χ3v) is 3.97. The zero-order chi connectivity index (χ0) is 14.4. The second-order valence-corrected chi connectivity index (χ2v) is 5.72. The topological polar surface area (TPSA) is 38.3 Å². The van der Waals surface area contributed by atoms with Crippen molar-refractivity contribution in [1.29, 1.82) is 0 Å². The molecule has 1 fully saturated rings. The molecule has 20 heavy (non-hydrogen) atoms. The number of ether oxygens (including phenoxy) is 1. The van der Waals surface area contributed by atoms with Crippen molar-refractivity contribution in [1.82, 2.24) is 5.32 Å². The maximum atomic E-state index is 12.2. The summed E-state index contributed by atoms with van der Waals surface area (Å²) >= 11 is 0. The van der Waals surface area contributed by atoms with Gasteiger partial charge in [-0.15, -0.1) is 0 Å². The van der Waals surface area contributed by atoms with Crippen LogP contribution >= 0.6 is 0 Å². The molecule has 0 saturated heterocycles. The number of hydrogen-bond donors (Lipinski definition) is 1. The molecule has 0 aliphatic heterocycles. The van der Waals surface area contributed by atoms with E-state index < -0.39 is 6.10 Å². The van der Waals surface area contributed by atoms with E-state index in [1.165, 1.54) is 25.7 Å². The van der Waals surface area contributed by atoms with E-state index in [0.29, 0.717) is 6.04 Å². The second-order valence-electron chi connectivity index (χ2n) is 5.72. The Morgan fingerprint density at radius 1 is 1.20 bits per heavy atom. The van der Waals surface area contributed by atoms with Crippen LogP contribution in [0, 0.1) is 6.92 Å². The summed E-state index contributed by atoms with van der Waals surface area (Å²) in [4.78, 5) is 12.2. The van der Waals surface area contributed by atoms with Crippen LogP contribution < -0.4 is 10.1 Å². The molecule has 3 heteroatoms. The lowest BCUT2D eigenvalue weighted by atomic mass is 10.1. The summed E-state index contributed by atoms with van der Waals surface area (Å²) < 4.78 is 5.77. The fourth-order valence-electron chi connectivity index (χ4n) is 2.67. The first-order chi connectivity index (χ1) is 9.66. The molecule has 1 saturated carbocycles. The summed E-state index contributed by atoms with van der Waals surface area (Å²) in [6.07, 6.45) is 6.78. The minimum absolute atomic E-state index is 0.000142. The van der Waals surface area contributed by atoms with E-state index in [-0.39, 0.29) is 5.91 Å². The van der Waals surface area contributed by atoms with E-state index >= 15 is 0 Å². The van der Waals surface area contributed by atoms with Crippen LogP contribution in [0.5, 0.6) is 5.75 Å². The molecule has 0 unspecified atom stereocenters. The minimum Gasteiger partial charge on any atom is -0.481 e. The smallest absolute Gasteiger partial charge is 0.260 e. The quantitative estimate of drug-likeness (QED) is 0.853. The lowest BCUT2D eigenvalue weighted by Gasteiger charge is -2.21. The lowest BCUT2D eigenvalue weighted by molar-refractivity contribution is -0.128. The Labute approximate surface area is 121 Å². The van der Waals surface area contributed by atoms with Crippen molar-refractivity contribution < 1.29 is 9.53 Å². The third kappa shape index (κ3) is 4.26. The first-order valence-corrected chi connectivity index (χ1v) is 7.69. The molecule has 1 N–H and O–H groups in total. The summed E-state index contributed by atoms with van der Waals surface area (Å²) in [6.45, 7) is 3.81. The number of nitrogens with one attached hydrogen (secondary N) is 1. The highest BCUT2D eigenvalue weighted by molar-refractivity contribution is 5.81. The lowest BCUT2D eigenvalue weighted by Crippen LogP contribution is -2.42. The molecule has 110 valence electrons. The van der Waals surface area contributed by atoms with Gasteiger partial charge in [-0.2, -0.15) is 0 Å². The Morgan fingerprint density at radius 2 is 1.85 bits per heavy atom. The third-order valence-electron chi connectivity index (χ3n) is 3.97. The van der Waals surface area contributed by atoms with Crippen molar-refractivity contribution >= 4 is 5.91 Å². The molecule has 2 rings (SSSR count). The van der Waals surface area contributed by atoms with Gasteiger partial charge in [0.1, 0.15) is 5.75 Å². The highest BCUT2D eigenvalue weighted by atomic mass is 16.5. The Hall–Kier alpha value is -1.51. The molecule has 1 amide bonds. The van der Waals surface area contributed by atoms with Crippen LogP contribution in [0.15, 0.2) is 24.3 Å². The number of benzene rings is 1. The molecule has 0 bridgehead atoms. The van der Waals surface area contributed by atoms with Gasteiger partial charge in [0.05, 0.1) is 0 Å². The van der Waals surface area contributed by atoms with Gasteiger partial charge < -0.3 is 10.1 Å². The van der Waals surface area contributed by atoms with Crippen molar-refractivity contribution in [3.05, 3.63) is 29.8 Å². The molecule has 0 radical (unpaired) electrons. The van der Waals surface area contributed by atoms with E-state index in [9.17, 15) is 4.79 Å². The van der Waals surface area contributed by atoms with Gasteiger partial charge in [-0.3, -0.25) is 4.79 Å². The van der Waals surface area contributed by atoms with Crippen molar-refractivity contribution in [2.75, 3.05) is 0 Å². The van der Waals surface area contributed by atoms with Crippen LogP contribution in [0.3, 0.4) is 0 Å². The Kier molecular flexibility index (Phi) is 5.45. The fraction of sp³-hybridized carbons (Fsp3) is 0.588. The van der Waals surface area contributed by atoms with Gasteiger partial charge in [0.15, 0.2) is 6.10 Å². The largest absolute Gasteiger partial charge is 0.481 e. The first-order valence-electron chi connectivity index (χ1n) is 7.69. The van der Waals surface area contributed by atoms with Crippen LogP contribution in [0.25, 0.3) is 0 Å². The summed E-state index contributed by atoms with van der Waals surface area (Å²) in [5.41, 5.74) is 1.06. The number of amides is 1. The van der Waals surface area contributed by atoms with Crippen LogP contribution in [-0.2, 0) is 4.79 Å². The van der Waals surface area contributed by atoms with Crippen LogP contribution in [0.4, 0.5) is 0 Å². The molecule has 0 heterocycles. The average Bonchev–Trinajstić information content (AvgIpc) is 2.70. The number of rotatable bonds is 4. The van der Waals surface area contributed by atoms with E-state index in [1.807, 2.05) is 38.1 Å². The van der Waals surface area contributed by atoms with Crippen molar-refractivity contribution in [2.24, 2.45) is 0 Å². The monoisotopic (exact) mass is 275 g/mol. The number of aryl methyl sites for hydroxylation is 1. The molecular weight excluding hydrogens is 250 g/mol. The van der Waals surface area contributed by atoms with Crippen LogP contribution in [-0.4, -0.2) is 18.1 Å². The maximum Gasteiger partial charge on any atom is 0.260 e. The SMILES string of the molecule is Cc1ccccc1O[C@@H](C)C(=O)NC1CCCCCC1. The summed E-state index contributed by atoms with van der Waals surface area (Å²) in [7, 11) is 0. The molecule has 1 aliphatic carbocycles. The van der Waals surface area contributed by atoms with Gasteiger partial charge in [0, 0.05) is 6.04 Å². The molecular formula is C17H25NO2. The summed E-state index contributed by atoms with van der Waals surface area (Å²) in [5, 5.41) is 3.13. The summed E-state index contributed by atoms with van der Waals surface area (Å²) in [5.74, 6) is 0.788. The molecule has 3 nitrogen and oxygen atoms in total. The summed E-state index contributed by atoms with van der Waals surface area (Å²) in [6, 6.07) is 8.13. The molecule has 0 aromatic heterocycles. The zero-order valence-corrected chi connectivity index (χ0v) is 12.5. The van der Waals surface area contributed by atoms with E-state index in [2.05, 4.69) is 5.32 Å². The van der Waals surface area contributed by atoms with Crippen molar-refractivity contribution in [2.45, 2.75) is 64.5 Å². The van der Waals surface area contributed by atoms with Gasteiger partial charge in [0.2, 0.25) is 0 Å². The molecule has 0 spiro atoms. The number of para-hydroxylation sites is 1. The molecule has 1 atom stereocenters. The standard InChI is InChI=1S/C17H25NO2/c1-13-9-7-8-12-16(13)20-14(2)17(19)18-15-10-5-3-4-6-11-15/h7-9,12,14-15H,3-6,10-11H2,1-2H3,(H,18,19)/t14-/m0/s1. The Morgan fingerprint density at radius 3 is 2.50 bits per heavy atom. The molecule has 1 aromatic rings. The number of carbonyl (C=O) groups is 1.